The topological polar surface area (TPSA) is 64.8 Å². The van der Waals surface area contributed by atoms with E-state index in [1.807, 2.05) is 0 Å². The van der Waals surface area contributed by atoms with E-state index in [2.05, 4.69) is 10.1 Å². The molecule has 0 N–H and O–H groups in total. The molecule has 0 aliphatic heterocycles. The zero-order valence-corrected chi connectivity index (χ0v) is 15.9. The lowest BCUT2D eigenvalue weighted by molar-refractivity contribution is -0.141. The highest BCUT2D eigenvalue weighted by molar-refractivity contribution is 7.90. The zero-order chi connectivity index (χ0) is 20.8. The molecule has 0 amide bonds. The van der Waals surface area contributed by atoms with Gasteiger partial charge in [0, 0.05) is 23.4 Å². The van der Waals surface area contributed by atoms with Gasteiger partial charge in [0.05, 0.1) is 21.8 Å². The van der Waals surface area contributed by atoms with Crippen LogP contribution < -0.4 is 0 Å². The molecule has 0 saturated carbocycles. The Morgan fingerprint density at radius 1 is 0.966 bits per heavy atom. The summed E-state index contributed by atoms with van der Waals surface area (Å²) in [6, 6.07) is 15.7. The number of hydrogen-bond donors (Lipinski definition) is 0. The molecule has 0 saturated heterocycles. The van der Waals surface area contributed by atoms with Crippen molar-refractivity contribution in [1.29, 1.82) is 0 Å². The molecule has 0 atom stereocenters. The lowest BCUT2D eigenvalue weighted by Crippen LogP contribution is -2.07. The van der Waals surface area contributed by atoms with E-state index >= 15 is 0 Å². The van der Waals surface area contributed by atoms with Crippen LogP contribution in [0.2, 0.25) is 0 Å². The SMILES string of the molecule is CS(=O)(=O)c1cccc(-c2cc(-n3ccc(C(F)(F)F)n3)c3ccccc3n2)c1. The molecule has 29 heavy (non-hydrogen) atoms. The summed E-state index contributed by atoms with van der Waals surface area (Å²) in [5, 5.41) is 4.28. The molecule has 2 aromatic carbocycles. The van der Waals surface area contributed by atoms with Crippen molar-refractivity contribution >= 4 is 20.7 Å². The van der Waals surface area contributed by atoms with Crippen LogP contribution in [0.4, 0.5) is 13.2 Å². The summed E-state index contributed by atoms with van der Waals surface area (Å²) >= 11 is 0. The molecule has 5 nitrogen and oxygen atoms in total. The summed E-state index contributed by atoms with van der Waals surface area (Å²) in [7, 11) is -3.42. The molecule has 0 bridgehead atoms. The fraction of sp³-hybridized carbons (Fsp3) is 0.100. The third kappa shape index (κ3) is 3.73. The molecule has 2 aromatic heterocycles. The Bertz CT molecular complexity index is 1330. The molecule has 0 aliphatic carbocycles. The number of benzene rings is 2. The van der Waals surface area contributed by atoms with Crippen molar-refractivity contribution in [2.75, 3.05) is 6.26 Å². The maximum absolute atomic E-state index is 13.0. The number of fused-ring (bicyclic) bond motifs is 1. The summed E-state index contributed by atoms with van der Waals surface area (Å²) < 4.78 is 63.9. The van der Waals surface area contributed by atoms with Gasteiger partial charge in [-0.1, -0.05) is 30.3 Å². The number of halogens is 3. The first kappa shape index (κ1) is 19.1. The predicted molar refractivity (Wildman–Crippen MR) is 102 cm³/mol. The van der Waals surface area contributed by atoms with Crippen molar-refractivity contribution in [3.8, 4) is 16.9 Å². The van der Waals surface area contributed by atoms with Crippen molar-refractivity contribution < 1.29 is 21.6 Å². The van der Waals surface area contributed by atoms with Crippen molar-refractivity contribution in [1.82, 2.24) is 14.8 Å². The van der Waals surface area contributed by atoms with Gasteiger partial charge in [-0.05, 0) is 30.3 Å². The quantitative estimate of drug-likeness (QED) is 0.492. The van der Waals surface area contributed by atoms with Crippen LogP contribution in [-0.2, 0) is 16.0 Å². The standard InChI is InChI=1S/C20H14F3N3O2S/c1-29(27,28)14-6-4-5-13(11-14)17-12-18(15-7-2-3-8-16(15)24-17)26-10-9-19(25-26)20(21,22)23/h2-12H,1H3. The molecule has 0 spiro atoms. The van der Waals surface area contributed by atoms with Crippen LogP contribution in [0.1, 0.15) is 5.69 Å². The van der Waals surface area contributed by atoms with E-state index in [0.29, 0.717) is 27.8 Å². The molecule has 2 heterocycles. The normalized spacial score (nSPS) is 12.4. The second-order valence-corrected chi connectivity index (χ2v) is 8.50. The minimum absolute atomic E-state index is 0.130. The van der Waals surface area contributed by atoms with Gasteiger partial charge >= 0.3 is 6.18 Å². The van der Waals surface area contributed by atoms with Gasteiger partial charge in [0.15, 0.2) is 15.5 Å². The summed E-state index contributed by atoms with van der Waals surface area (Å²) in [5.74, 6) is 0. The third-order valence-corrected chi connectivity index (χ3v) is 5.49. The number of aromatic nitrogens is 3. The number of nitrogens with zero attached hydrogens (tertiary/aromatic N) is 3. The van der Waals surface area contributed by atoms with Crippen LogP contribution in [0.3, 0.4) is 0 Å². The first-order valence-corrected chi connectivity index (χ1v) is 10.4. The molecular formula is C20H14F3N3O2S. The highest BCUT2D eigenvalue weighted by Gasteiger charge is 2.33. The van der Waals surface area contributed by atoms with Crippen molar-refractivity contribution in [2.24, 2.45) is 0 Å². The molecule has 4 rings (SSSR count). The molecule has 9 heteroatoms. The van der Waals surface area contributed by atoms with E-state index in [0.717, 1.165) is 17.0 Å². The van der Waals surface area contributed by atoms with Crippen molar-refractivity contribution in [2.45, 2.75) is 11.1 Å². The Morgan fingerprint density at radius 2 is 1.72 bits per heavy atom. The summed E-state index contributed by atoms with van der Waals surface area (Å²) in [4.78, 5) is 4.68. The van der Waals surface area contributed by atoms with E-state index in [4.69, 9.17) is 0 Å². The van der Waals surface area contributed by atoms with Crippen LogP contribution in [0, 0.1) is 0 Å². The van der Waals surface area contributed by atoms with Crippen LogP contribution in [0.15, 0.2) is 71.8 Å². The molecule has 0 fully saturated rings. The average molecular weight is 417 g/mol. The van der Waals surface area contributed by atoms with Gasteiger partial charge in [0.1, 0.15) is 0 Å². The number of pyridine rings is 1. The predicted octanol–water partition coefficient (Wildman–Crippen LogP) is 4.51. The van der Waals surface area contributed by atoms with Gasteiger partial charge in [0.2, 0.25) is 0 Å². The van der Waals surface area contributed by atoms with E-state index in [1.165, 1.54) is 18.3 Å². The Balaban J connectivity index is 1.94. The lowest BCUT2D eigenvalue weighted by atomic mass is 10.1. The van der Waals surface area contributed by atoms with E-state index in [1.54, 1.807) is 42.5 Å². The summed E-state index contributed by atoms with van der Waals surface area (Å²) in [5.41, 5.74) is 0.912. The second-order valence-electron chi connectivity index (χ2n) is 6.49. The lowest BCUT2D eigenvalue weighted by Gasteiger charge is -2.11. The van der Waals surface area contributed by atoms with Gasteiger partial charge in [-0.3, -0.25) is 0 Å². The second kappa shape index (κ2) is 6.70. The minimum Gasteiger partial charge on any atom is -0.248 e. The minimum atomic E-state index is -4.55. The Morgan fingerprint density at radius 3 is 2.41 bits per heavy atom. The number of rotatable bonds is 3. The monoisotopic (exact) mass is 417 g/mol. The highest BCUT2D eigenvalue weighted by Crippen LogP contribution is 2.31. The van der Waals surface area contributed by atoms with Gasteiger partial charge in [-0.2, -0.15) is 18.3 Å². The molecular weight excluding hydrogens is 403 g/mol. The van der Waals surface area contributed by atoms with Crippen LogP contribution in [0.5, 0.6) is 0 Å². The van der Waals surface area contributed by atoms with Crippen LogP contribution >= 0.6 is 0 Å². The van der Waals surface area contributed by atoms with Gasteiger partial charge in [-0.15, -0.1) is 0 Å². The Kier molecular flexibility index (Phi) is 4.42. The van der Waals surface area contributed by atoms with Gasteiger partial charge in [0.25, 0.3) is 0 Å². The smallest absolute Gasteiger partial charge is 0.248 e. The van der Waals surface area contributed by atoms with Crippen LogP contribution in [-0.4, -0.2) is 29.4 Å². The first-order chi connectivity index (χ1) is 13.6. The zero-order valence-electron chi connectivity index (χ0n) is 15.1. The molecule has 0 unspecified atom stereocenters. The fourth-order valence-corrected chi connectivity index (χ4v) is 3.66. The Labute approximate surface area is 164 Å². The van der Waals surface area contributed by atoms with E-state index < -0.39 is 21.7 Å². The Hall–Kier alpha value is -3.20. The maximum atomic E-state index is 13.0. The number of para-hydroxylation sites is 1. The van der Waals surface area contributed by atoms with Crippen molar-refractivity contribution in [3.63, 3.8) is 0 Å². The van der Waals surface area contributed by atoms with E-state index in [-0.39, 0.29) is 4.90 Å². The largest absolute Gasteiger partial charge is 0.435 e. The third-order valence-electron chi connectivity index (χ3n) is 4.38. The average Bonchev–Trinajstić information content (AvgIpc) is 3.17. The summed E-state index contributed by atoms with van der Waals surface area (Å²) in [6.07, 6.45) is -2.21. The molecule has 4 aromatic rings. The van der Waals surface area contributed by atoms with E-state index in [9.17, 15) is 21.6 Å². The van der Waals surface area contributed by atoms with Crippen molar-refractivity contribution in [3.05, 3.63) is 72.6 Å². The fourth-order valence-electron chi connectivity index (χ4n) is 2.99. The first-order valence-electron chi connectivity index (χ1n) is 8.46. The molecule has 0 aliphatic rings. The summed E-state index contributed by atoms with van der Waals surface area (Å²) in [6.45, 7) is 0. The van der Waals surface area contributed by atoms with Crippen LogP contribution in [0.25, 0.3) is 27.8 Å². The highest BCUT2D eigenvalue weighted by atomic mass is 32.2. The number of alkyl halides is 3. The molecule has 148 valence electrons. The number of sulfone groups is 1. The van der Waals surface area contributed by atoms with Gasteiger partial charge in [-0.25, -0.2) is 18.1 Å². The number of hydrogen-bond acceptors (Lipinski definition) is 4. The van der Waals surface area contributed by atoms with Gasteiger partial charge < -0.3 is 0 Å². The molecule has 0 radical (unpaired) electrons. The maximum Gasteiger partial charge on any atom is 0.435 e.